The number of aromatic carboxylic acids is 1. The van der Waals surface area contributed by atoms with Gasteiger partial charge in [0, 0.05) is 23.5 Å². The minimum absolute atomic E-state index is 0.0229. The van der Waals surface area contributed by atoms with Crippen LogP contribution in [0.3, 0.4) is 0 Å². The molecule has 0 bridgehead atoms. The lowest BCUT2D eigenvalue weighted by molar-refractivity contribution is 0.0691. The Morgan fingerprint density at radius 3 is 2.74 bits per heavy atom. The molecule has 0 radical (unpaired) electrons. The monoisotopic (exact) mass is 428 g/mol. The number of hydrogen-bond acceptors (Lipinski definition) is 6. The Balaban J connectivity index is 1.93. The second kappa shape index (κ2) is 8.24. The number of ether oxygens (including phenoxy) is 2. The van der Waals surface area contributed by atoms with E-state index in [9.17, 15) is 19.8 Å². The van der Waals surface area contributed by atoms with Gasteiger partial charge in [-0.15, -0.1) is 0 Å². The second-order valence-electron chi connectivity index (χ2n) is 8.63. The summed E-state index contributed by atoms with van der Waals surface area (Å²) in [5.41, 5.74) is 0.384. The van der Waals surface area contributed by atoms with Gasteiger partial charge in [0.1, 0.15) is 17.2 Å². The van der Waals surface area contributed by atoms with Crippen molar-refractivity contribution >= 4 is 5.97 Å². The molecule has 2 aliphatic rings. The molecule has 31 heavy (non-hydrogen) atoms. The molecule has 0 saturated heterocycles. The van der Waals surface area contributed by atoms with Gasteiger partial charge in [0.05, 0.1) is 24.6 Å². The molecular weight excluding hydrogens is 400 g/mol. The predicted octanol–water partition coefficient (Wildman–Crippen LogP) is 4.03. The third kappa shape index (κ3) is 3.86. The van der Waals surface area contributed by atoms with Gasteiger partial charge < -0.3 is 24.7 Å². The second-order valence-corrected chi connectivity index (χ2v) is 8.63. The quantitative estimate of drug-likeness (QED) is 0.569. The number of carbonyl (C=O) groups is 1. The standard InChI is InChI=1S/C23H28N2O6/c1-4-5-8-30-14-9-15-19(24-18(14)12-6-7-12)20-16(13(10-31-15)11(2)3)21(26)17(23(28)29)22(27)25-20/h9,11-13H,4-8,10H2,1-3H3,(H,28,29)(H2,25,26,27). The van der Waals surface area contributed by atoms with Crippen LogP contribution in [0, 0.1) is 5.92 Å². The van der Waals surface area contributed by atoms with E-state index >= 15 is 0 Å². The van der Waals surface area contributed by atoms with Gasteiger partial charge in [-0.2, -0.15) is 0 Å². The molecule has 3 heterocycles. The van der Waals surface area contributed by atoms with Gasteiger partial charge in [0.15, 0.2) is 11.3 Å². The fourth-order valence-electron chi connectivity index (χ4n) is 4.01. The summed E-state index contributed by atoms with van der Waals surface area (Å²) in [7, 11) is 0. The van der Waals surface area contributed by atoms with E-state index in [1.165, 1.54) is 0 Å². The molecule has 166 valence electrons. The maximum absolute atomic E-state index is 12.5. The number of unbranched alkanes of at least 4 members (excludes halogenated alkanes) is 1. The van der Waals surface area contributed by atoms with Gasteiger partial charge in [-0.3, -0.25) is 4.79 Å². The Morgan fingerprint density at radius 2 is 2.13 bits per heavy atom. The first-order chi connectivity index (χ1) is 14.8. The van der Waals surface area contributed by atoms with Crippen LogP contribution in [-0.2, 0) is 0 Å². The van der Waals surface area contributed by atoms with Gasteiger partial charge in [-0.1, -0.05) is 27.2 Å². The molecule has 1 aliphatic carbocycles. The third-order valence-corrected chi connectivity index (χ3v) is 5.97. The summed E-state index contributed by atoms with van der Waals surface area (Å²) < 4.78 is 12.1. The highest BCUT2D eigenvalue weighted by atomic mass is 16.5. The highest BCUT2D eigenvalue weighted by molar-refractivity contribution is 5.92. The number of carboxylic acids is 1. The first-order valence-corrected chi connectivity index (χ1v) is 10.9. The molecule has 2 aromatic rings. The normalized spacial score (nSPS) is 17.5. The fourth-order valence-corrected chi connectivity index (χ4v) is 4.01. The van der Waals surface area contributed by atoms with Crippen LogP contribution in [0.2, 0.25) is 0 Å². The summed E-state index contributed by atoms with van der Waals surface area (Å²) in [4.78, 5) is 31.7. The molecule has 0 spiro atoms. The molecule has 1 aliphatic heterocycles. The Labute approximate surface area is 180 Å². The molecule has 1 saturated carbocycles. The lowest BCUT2D eigenvalue weighted by Gasteiger charge is -2.22. The third-order valence-electron chi connectivity index (χ3n) is 5.97. The Hall–Kier alpha value is -3.03. The minimum atomic E-state index is -1.47. The lowest BCUT2D eigenvalue weighted by Crippen LogP contribution is -2.23. The van der Waals surface area contributed by atoms with Gasteiger partial charge in [0.25, 0.3) is 5.56 Å². The molecule has 1 fully saturated rings. The summed E-state index contributed by atoms with van der Waals surface area (Å²) >= 11 is 0. The Bertz CT molecular complexity index is 1070. The van der Waals surface area contributed by atoms with Crippen LogP contribution >= 0.6 is 0 Å². The van der Waals surface area contributed by atoms with Crippen molar-refractivity contribution in [3.8, 4) is 28.6 Å². The number of aromatic nitrogens is 2. The van der Waals surface area contributed by atoms with E-state index in [1.807, 2.05) is 19.9 Å². The maximum Gasteiger partial charge on any atom is 0.345 e. The molecule has 0 amide bonds. The van der Waals surface area contributed by atoms with E-state index in [2.05, 4.69) is 11.9 Å². The van der Waals surface area contributed by atoms with Crippen LogP contribution < -0.4 is 15.0 Å². The number of nitrogens with one attached hydrogen (secondary N) is 1. The number of hydrogen-bond donors (Lipinski definition) is 3. The Kier molecular flexibility index (Phi) is 5.64. The van der Waals surface area contributed by atoms with Crippen molar-refractivity contribution in [2.45, 2.75) is 58.3 Å². The molecule has 0 aromatic carbocycles. The van der Waals surface area contributed by atoms with Gasteiger partial charge in [0.2, 0.25) is 0 Å². The molecule has 1 unspecified atom stereocenters. The van der Waals surface area contributed by atoms with Crippen LogP contribution in [0.15, 0.2) is 10.9 Å². The van der Waals surface area contributed by atoms with Crippen molar-refractivity contribution in [1.82, 2.24) is 9.97 Å². The zero-order valence-corrected chi connectivity index (χ0v) is 18.0. The topological polar surface area (TPSA) is 122 Å². The number of aromatic hydroxyl groups is 1. The minimum Gasteiger partial charge on any atom is -0.506 e. The molecule has 3 N–H and O–H groups in total. The molecular formula is C23H28N2O6. The molecule has 8 nitrogen and oxygen atoms in total. The predicted molar refractivity (Wildman–Crippen MR) is 114 cm³/mol. The lowest BCUT2D eigenvalue weighted by atomic mass is 9.86. The number of nitrogens with zero attached hydrogens (tertiary/aromatic N) is 1. The number of pyridine rings is 2. The molecule has 4 rings (SSSR count). The first-order valence-electron chi connectivity index (χ1n) is 10.9. The van der Waals surface area contributed by atoms with Crippen LogP contribution in [0.4, 0.5) is 0 Å². The van der Waals surface area contributed by atoms with Gasteiger partial charge in [-0.25, -0.2) is 9.78 Å². The summed E-state index contributed by atoms with van der Waals surface area (Å²) in [6.45, 7) is 6.82. The van der Waals surface area contributed by atoms with Crippen molar-refractivity contribution in [3.05, 3.63) is 33.2 Å². The van der Waals surface area contributed by atoms with Crippen LogP contribution in [0.25, 0.3) is 11.4 Å². The molecule has 2 aromatic heterocycles. The summed E-state index contributed by atoms with van der Waals surface area (Å²) in [5, 5.41) is 20.3. The highest BCUT2D eigenvalue weighted by Crippen LogP contribution is 2.49. The zero-order chi connectivity index (χ0) is 22.3. The summed E-state index contributed by atoms with van der Waals surface area (Å²) in [5.74, 6) is -0.859. The van der Waals surface area contributed by atoms with Crippen molar-refractivity contribution in [3.63, 3.8) is 0 Å². The number of fused-ring (bicyclic) bond motifs is 3. The molecule has 8 heteroatoms. The zero-order valence-electron chi connectivity index (χ0n) is 18.0. The van der Waals surface area contributed by atoms with E-state index < -0.39 is 22.8 Å². The van der Waals surface area contributed by atoms with Crippen LogP contribution in [0.1, 0.15) is 79.9 Å². The number of aromatic amines is 1. The number of rotatable bonds is 7. The van der Waals surface area contributed by atoms with E-state index in [1.54, 1.807) is 0 Å². The average Bonchev–Trinajstić information content (AvgIpc) is 3.54. The summed E-state index contributed by atoms with van der Waals surface area (Å²) in [6.07, 6.45) is 3.97. The van der Waals surface area contributed by atoms with Crippen molar-refractivity contribution in [1.29, 1.82) is 0 Å². The van der Waals surface area contributed by atoms with Crippen LogP contribution in [0.5, 0.6) is 17.2 Å². The average molecular weight is 428 g/mol. The number of carboxylic acid groups (broad SMARTS) is 1. The maximum atomic E-state index is 12.5. The van der Waals surface area contributed by atoms with Crippen molar-refractivity contribution in [2.24, 2.45) is 5.92 Å². The smallest absolute Gasteiger partial charge is 0.345 e. The summed E-state index contributed by atoms with van der Waals surface area (Å²) in [6, 6.07) is 1.82. The van der Waals surface area contributed by atoms with E-state index in [-0.39, 0.29) is 24.4 Å². The van der Waals surface area contributed by atoms with Gasteiger partial charge >= 0.3 is 5.97 Å². The fraction of sp³-hybridized carbons (Fsp3) is 0.522. The van der Waals surface area contributed by atoms with Crippen molar-refractivity contribution < 1.29 is 24.5 Å². The number of H-pyrrole nitrogens is 1. The molecule has 1 atom stereocenters. The van der Waals surface area contributed by atoms with E-state index in [4.69, 9.17) is 14.5 Å². The SMILES string of the molecule is CCCCOc1cc2c(nc1C1CC1)-c1[nH]c(=O)c(C(=O)O)c(O)c1C(C(C)C)CO2. The highest BCUT2D eigenvalue weighted by Gasteiger charge is 2.36. The van der Waals surface area contributed by atoms with Crippen LogP contribution in [-0.4, -0.2) is 39.4 Å². The van der Waals surface area contributed by atoms with Crippen molar-refractivity contribution in [2.75, 3.05) is 13.2 Å². The van der Waals surface area contributed by atoms with E-state index in [0.717, 1.165) is 31.4 Å². The Morgan fingerprint density at radius 1 is 1.39 bits per heavy atom. The van der Waals surface area contributed by atoms with Gasteiger partial charge in [-0.05, 0) is 25.2 Å². The largest absolute Gasteiger partial charge is 0.506 e. The first kappa shape index (κ1) is 21.2. The van der Waals surface area contributed by atoms with E-state index in [0.29, 0.717) is 35.1 Å².